The van der Waals surface area contributed by atoms with Gasteiger partial charge in [-0.15, -0.1) is 11.3 Å². The third-order valence-corrected chi connectivity index (χ3v) is 6.10. The molecule has 1 fully saturated rings. The summed E-state index contributed by atoms with van der Waals surface area (Å²) in [5.41, 5.74) is 2.29. The van der Waals surface area contributed by atoms with Crippen molar-refractivity contribution in [3.8, 4) is 11.5 Å². The zero-order valence-corrected chi connectivity index (χ0v) is 16.4. The van der Waals surface area contributed by atoms with E-state index in [2.05, 4.69) is 11.4 Å². The summed E-state index contributed by atoms with van der Waals surface area (Å²) in [5.74, 6) is 1.45. The van der Waals surface area contributed by atoms with Gasteiger partial charge in [-0.3, -0.25) is 4.79 Å². The topological polar surface area (TPSA) is 60.0 Å². The highest BCUT2D eigenvalue weighted by molar-refractivity contribution is 7.10. The normalized spacial score (nSPS) is 22.2. The maximum Gasteiger partial charge on any atom is 0.253 e. The third-order valence-electron chi connectivity index (χ3n) is 5.17. The zero-order chi connectivity index (χ0) is 18.8. The molecule has 0 aliphatic carbocycles. The molecule has 144 valence electrons. The molecule has 7 heteroatoms. The van der Waals surface area contributed by atoms with Gasteiger partial charge in [-0.1, -0.05) is 6.07 Å². The Balaban J connectivity index is 1.75. The summed E-state index contributed by atoms with van der Waals surface area (Å²) in [6.07, 6.45) is 0.353. The Morgan fingerprint density at radius 3 is 2.78 bits per heavy atom. The minimum Gasteiger partial charge on any atom is -0.493 e. The van der Waals surface area contributed by atoms with Crippen LogP contribution in [0.5, 0.6) is 11.5 Å². The van der Waals surface area contributed by atoms with Crippen LogP contribution in [-0.2, 0) is 16.0 Å². The highest BCUT2D eigenvalue weighted by atomic mass is 32.1. The van der Waals surface area contributed by atoms with Crippen molar-refractivity contribution >= 4 is 17.2 Å². The van der Waals surface area contributed by atoms with E-state index in [4.69, 9.17) is 14.2 Å². The number of carbonyl (C=O) groups excluding carboxylic acids is 1. The van der Waals surface area contributed by atoms with Crippen LogP contribution in [0.25, 0.3) is 0 Å². The molecule has 0 saturated carbocycles. The van der Waals surface area contributed by atoms with Crippen LogP contribution in [0.4, 0.5) is 0 Å². The zero-order valence-electron chi connectivity index (χ0n) is 15.6. The summed E-state index contributed by atoms with van der Waals surface area (Å²) < 4.78 is 16.7. The second-order valence-electron chi connectivity index (χ2n) is 6.67. The van der Waals surface area contributed by atoms with Gasteiger partial charge in [0.15, 0.2) is 11.5 Å². The fourth-order valence-electron chi connectivity index (χ4n) is 3.85. The van der Waals surface area contributed by atoms with Crippen LogP contribution in [0.1, 0.15) is 22.0 Å². The van der Waals surface area contributed by atoms with Gasteiger partial charge in [-0.25, -0.2) is 0 Å². The van der Waals surface area contributed by atoms with Gasteiger partial charge in [-0.2, -0.15) is 0 Å². The maximum absolute atomic E-state index is 13.3. The van der Waals surface area contributed by atoms with Gasteiger partial charge in [0.25, 0.3) is 5.91 Å². The van der Waals surface area contributed by atoms with Crippen LogP contribution in [0.15, 0.2) is 29.6 Å². The average molecular weight is 388 g/mol. The van der Waals surface area contributed by atoms with E-state index in [0.29, 0.717) is 25.4 Å². The highest BCUT2D eigenvalue weighted by Gasteiger charge is 2.37. The summed E-state index contributed by atoms with van der Waals surface area (Å²) in [4.78, 5) is 16.4. The average Bonchev–Trinajstić information content (AvgIpc) is 3.26. The minimum absolute atomic E-state index is 0.0426. The molecule has 1 N–H and O–H groups in total. The van der Waals surface area contributed by atoms with E-state index in [1.54, 1.807) is 25.6 Å². The van der Waals surface area contributed by atoms with E-state index >= 15 is 0 Å². The molecule has 1 saturated heterocycles. The Labute approximate surface area is 163 Å². The number of hydrogen-bond donors (Lipinski definition) is 1. The number of nitrogens with zero attached hydrogens (tertiary/aromatic N) is 1. The first-order chi connectivity index (χ1) is 13.2. The fraction of sp³-hybridized carbons (Fsp3) is 0.450. The summed E-state index contributed by atoms with van der Waals surface area (Å²) in [5, 5.41) is 5.30. The van der Waals surface area contributed by atoms with Crippen LogP contribution >= 0.6 is 11.3 Å². The lowest BCUT2D eigenvalue weighted by Crippen LogP contribution is -2.52. The van der Waals surface area contributed by atoms with Gasteiger partial charge in [0.05, 0.1) is 26.9 Å². The lowest BCUT2D eigenvalue weighted by molar-refractivity contribution is -0.147. The number of methoxy groups -OCH3 is 2. The van der Waals surface area contributed by atoms with E-state index in [0.717, 1.165) is 29.2 Å². The first-order valence-corrected chi connectivity index (χ1v) is 10.0. The molecule has 3 heterocycles. The number of morpholine rings is 1. The molecule has 2 aliphatic heterocycles. The van der Waals surface area contributed by atoms with Gasteiger partial charge in [0, 0.05) is 24.5 Å². The smallest absolute Gasteiger partial charge is 0.253 e. The number of amides is 1. The molecule has 4 rings (SSSR count). The fourth-order valence-corrected chi connectivity index (χ4v) is 4.70. The number of rotatable bonds is 4. The SMILES string of the molecule is COc1cc2c(cc1OC)C(c1cccs1)N(C(=O)C1CNCCO1)CC2. The van der Waals surface area contributed by atoms with Crippen LogP contribution in [0.2, 0.25) is 0 Å². The van der Waals surface area contributed by atoms with E-state index in [1.165, 1.54) is 5.56 Å². The molecule has 0 bridgehead atoms. The van der Waals surface area contributed by atoms with Crippen molar-refractivity contribution < 1.29 is 19.0 Å². The molecule has 2 aliphatic rings. The quantitative estimate of drug-likeness (QED) is 0.870. The van der Waals surface area contributed by atoms with Gasteiger partial charge in [0.2, 0.25) is 0 Å². The van der Waals surface area contributed by atoms with Gasteiger partial charge in [0.1, 0.15) is 6.10 Å². The predicted octanol–water partition coefficient (Wildman–Crippen LogP) is 2.23. The van der Waals surface area contributed by atoms with E-state index in [-0.39, 0.29) is 11.9 Å². The number of nitrogens with one attached hydrogen (secondary N) is 1. The number of thiophene rings is 1. The predicted molar refractivity (Wildman–Crippen MR) is 104 cm³/mol. The van der Waals surface area contributed by atoms with Crippen LogP contribution < -0.4 is 14.8 Å². The Bertz CT molecular complexity index is 803. The van der Waals surface area contributed by atoms with E-state index < -0.39 is 6.10 Å². The van der Waals surface area contributed by atoms with Crippen molar-refractivity contribution in [1.82, 2.24) is 10.2 Å². The highest BCUT2D eigenvalue weighted by Crippen LogP contribution is 2.42. The van der Waals surface area contributed by atoms with Gasteiger partial charge < -0.3 is 24.4 Å². The lowest BCUT2D eigenvalue weighted by atomic mass is 9.90. The monoisotopic (exact) mass is 388 g/mol. The van der Waals surface area contributed by atoms with Crippen molar-refractivity contribution in [3.05, 3.63) is 45.6 Å². The molecular weight excluding hydrogens is 364 g/mol. The number of carbonyl (C=O) groups is 1. The van der Waals surface area contributed by atoms with Crippen LogP contribution in [0, 0.1) is 0 Å². The third kappa shape index (κ3) is 3.42. The van der Waals surface area contributed by atoms with Gasteiger partial charge in [-0.05, 0) is 41.1 Å². The molecule has 1 aromatic heterocycles. The molecule has 2 aromatic rings. The second-order valence-corrected chi connectivity index (χ2v) is 7.65. The van der Waals surface area contributed by atoms with Crippen molar-refractivity contribution in [2.75, 3.05) is 40.5 Å². The second kappa shape index (κ2) is 7.88. The summed E-state index contributed by atoms with van der Waals surface area (Å²) in [6.45, 7) is 2.57. The molecule has 27 heavy (non-hydrogen) atoms. The molecule has 0 radical (unpaired) electrons. The molecular formula is C20H24N2O4S. The summed E-state index contributed by atoms with van der Waals surface area (Å²) in [7, 11) is 3.28. The standard InChI is InChI=1S/C20H24N2O4S/c1-24-15-10-13-5-7-22(20(23)17-12-21-6-8-26-17)19(18-4-3-9-27-18)14(13)11-16(15)25-2/h3-4,9-11,17,19,21H,5-8,12H2,1-2H3. The maximum atomic E-state index is 13.3. The Morgan fingerprint density at radius 2 is 2.11 bits per heavy atom. The Hall–Kier alpha value is -2.09. The lowest BCUT2D eigenvalue weighted by Gasteiger charge is -2.39. The number of fused-ring (bicyclic) bond motifs is 1. The molecule has 6 nitrogen and oxygen atoms in total. The Morgan fingerprint density at radius 1 is 1.30 bits per heavy atom. The van der Waals surface area contributed by atoms with Gasteiger partial charge >= 0.3 is 0 Å². The largest absolute Gasteiger partial charge is 0.493 e. The molecule has 2 atom stereocenters. The van der Waals surface area contributed by atoms with Crippen molar-refractivity contribution in [1.29, 1.82) is 0 Å². The first kappa shape index (κ1) is 18.3. The Kier molecular flexibility index (Phi) is 5.33. The molecule has 2 unspecified atom stereocenters. The number of hydrogen-bond acceptors (Lipinski definition) is 6. The first-order valence-electron chi connectivity index (χ1n) is 9.14. The van der Waals surface area contributed by atoms with Crippen LogP contribution in [0.3, 0.4) is 0 Å². The summed E-state index contributed by atoms with van der Waals surface area (Å²) >= 11 is 1.66. The van der Waals surface area contributed by atoms with E-state index in [1.807, 2.05) is 28.5 Å². The van der Waals surface area contributed by atoms with Crippen LogP contribution in [-0.4, -0.2) is 57.4 Å². The molecule has 1 amide bonds. The van der Waals surface area contributed by atoms with Crippen molar-refractivity contribution in [2.24, 2.45) is 0 Å². The number of benzene rings is 1. The molecule has 0 spiro atoms. The van der Waals surface area contributed by atoms with E-state index in [9.17, 15) is 4.79 Å². The minimum atomic E-state index is -0.428. The van der Waals surface area contributed by atoms with Crippen molar-refractivity contribution in [3.63, 3.8) is 0 Å². The molecule has 1 aromatic carbocycles. The number of ether oxygens (including phenoxy) is 3. The summed E-state index contributed by atoms with van der Waals surface area (Å²) in [6, 6.07) is 8.02. The van der Waals surface area contributed by atoms with Crippen molar-refractivity contribution in [2.45, 2.75) is 18.6 Å².